The number of aryl methyl sites for hydroxylation is 2. The second kappa shape index (κ2) is 7.95. The Balaban J connectivity index is 1.85. The average molecular weight is 436 g/mol. The second-order valence-electron chi connectivity index (χ2n) is 5.83. The lowest BCUT2D eigenvalue weighted by Gasteiger charge is -2.31. The Kier molecular flexibility index (Phi) is 1.60. The van der Waals surface area contributed by atoms with Crippen LogP contribution in [0, 0.1) is 12.7 Å². The van der Waals surface area contributed by atoms with E-state index < -0.39 is 145 Å². The number of piperidine rings is 1. The van der Waals surface area contributed by atoms with Gasteiger partial charge in [0, 0.05) is 78.2 Å². The molecule has 0 N–H and O–H groups in total. The fourth-order valence-corrected chi connectivity index (χ4v) is 2.61. The first-order chi connectivity index (χ1) is 24.2. The summed E-state index contributed by atoms with van der Waals surface area (Å²) in [6.45, 7) is -21.4. The molecule has 0 spiro atoms. The summed E-state index contributed by atoms with van der Waals surface area (Å²) >= 11 is 0. The molecule has 0 radical (unpaired) electrons. The molecule has 1 saturated heterocycles. The minimum atomic E-state index is -4.70. The molecule has 3 aromatic rings. The highest BCUT2D eigenvalue weighted by Crippen LogP contribution is 2.32. The van der Waals surface area contributed by atoms with Crippen molar-refractivity contribution in [3.8, 4) is 0 Å². The zero-order chi connectivity index (χ0) is 42.8. The van der Waals surface area contributed by atoms with E-state index in [1.165, 1.54) is 0 Å². The van der Waals surface area contributed by atoms with E-state index in [0.29, 0.717) is 0 Å². The van der Waals surface area contributed by atoms with Crippen LogP contribution < -0.4 is 5.56 Å². The quantitative estimate of drug-likeness (QED) is 0.627. The number of hydrogen-bond donors (Lipinski definition) is 0. The predicted octanol–water partition coefficient (Wildman–Crippen LogP) is 3.59. The van der Waals surface area contributed by atoms with Crippen LogP contribution in [0.25, 0.3) is 11.0 Å². The van der Waals surface area contributed by atoms with E-state index in [1.54, 1.807) is 0 Å². The Bertz CT molecular complexity index is 2160. The molecule has 0 atom stereocenters. The van der Waals surface area contributed by atoms with Gasteiger partial charge in [0.25, 0.3) is 5.56 Å². The molecule has 2 aromatic heterocycles. The number of fused-ring (bicyclic) bond motifs is 2. The van der Waals surface area contributed by atoms with Gasteiger partial charge in [-0.3, -0.25) is 9.36 Å². The fraction of sp³-hybridized carbons (Fsp3) is 0.522. The summed E-state index contributed by atoms with van der Waals surface area (Å²) < 4.78 is 231. The number of hydrogen-bond acceptors (Lipinski definition) is 5. The van der Waals surface area contributed by atoms with Gasteiger partial charge in [0.1, 0.15) is 11.6 Å². The van der Waals surface area contributed by atoms with E-state index in [4.69, 9.17) is 38.8 Å². The molecule has 158 valence electrons. The molecule has 0 amide bonds. The maximum absolute atomic E-state index is 14.5. The topological polar surface area (TPSA) is 64.2 Å². The van der Waals surface area contributed by atoms with Crippen molar-refractivity contribution < 1.29 is 43.2 Å². The fourth-order valence-electron chi connectivity index (χ4n) is 2.61. The molecule has 0 saturated carbocycles. The number of benzene rings is 1. The second-order valence-corrected chi connectivity index (χ2v) is 5.83. The van der Waals surface area contributed by atoms with Crippen molar-refractivity contribution in [1.29, 1.82) is 0 Å². The third-order valence-corrected chi connectivity index (χ3v) is 3.98. The van der Waals surface area contributed by atoms with Crippen molar-refractivity contribution >= 4 is 11.0 Å². The maximum Gasteiger partial charge on any atom is 0.256 e. The number of aromatic nitrogens is 3. The van der Waals surface area contributed by atoms with Gasteiger partial charge in [-0.05, 0) is 63.8 Å². The Morgan fingerprint density at radius 3 is 3.10 bits per heavy atom. The smallest absolute Gasteiger partial charge is 0.256 e. The molecule has 2 aliphatic heterocycles. The van der Waals surface area contributed by atoms with Gasteiger partial charge in [-0.2, -0.15) is 0 Å². The van der Waals surface area contributed by atoms with Gasteiger partial charge >= 0.3 is 0 Å². The molecule has 30 heavy (non-hydrogen) atoms. The molecule has 2 aliphatic rings. The molecule has 0 bridgehead atoms. The lowest BCUT2D eigenvalue weighted by molar-refractivity contribution is 0.211. The summed E-state index contributed by atoms with van der Waals surface area (Å²) in [4.78, 5) is 16.6. The maximum atomic E-state index is 14.5. The lowest BCUT2D eigenvalue weighted by Crippen LogP contribution is -2.37. The molecular weight excluding hydrogens is 383 g/mol. The van der Waals surface area contributed by atoms with Crippen molar-refractivity contribution in [2.45, 2.75) is 57.5 Å². The highest BCUT2D eigenvalue weighted by molar-refractivity contribution is 5.79. The van der Waals surface area contributed by atoms with E-state index >= 15 is 0 Å². The van der Waals surface area contributed by atoms with Crippen LogP contribution in [0.15, 0.2) is 27.4 Å². The van der Waals surface area contributed by atoms with Crippen LogP contribution >= 0.6 is 0 Å². The first-order valence-electron chi connectivity index (χ1n) is 20.7. The summed E-state index contributed by atoms with van der Waals surface area (Å²) in [6.07, 6.45) is -21.5. The van der Waals surface area contributed by atoms with Crippen molar-refractivity contribution in [3.63, 3.8) is 0 Å². The predicted molar refractivity (Wildman–Crippen MR) is 112 cm³/mol. The summed E-state index contributed by atoms with van der Waals surface area (Å²) in [6, 6.07) is -3.96. The lowest BCUT2D eigenvalue weighted by atomic mass is 9.91. The Hall–Kier alpha value is -2.54. The van der Waals surface area contributed by atoms with Crippen molar-refractivity contribution in [1.82, 2.24) is 19.6 Å². The molecule has 7 heteroatoms. The van der Waals surface area contributed by atoms with Crippen LogP contribution in [-0.2, 0) is 19.3 Å². The monoisotopic (exact) mass is 435 g/mol. The van der Waals surface area contributed by atoms with E-state index in [0.717, 1.165) is 0 Å². The molecule has 6 nitrogen and oxygen atoms in total. The van der Waals surface area contributed by atoms with Gasteiger partial charge in [0.2, 0.25) is 0 Å². The van der Waals surface area contributed by atoms with Gasteiger partial charge in [-0.25, -0.2) is 9.37 Å². The number of halogens is 1. The third kappa shape index (κ3) is 3.55. The van der Waals surface area contributed by atoms with Crippen molar-refractivity contribution in [3.05, 3.63) is 57.1 Å². The van der Waals surface area contributed by atoms with E-state index in [9.17, 15) is 9.18 Å². The van der Waals surface area contributed by atoms with Gasteiger partial charge in [0.15, 0.2) is 5.58 Å². The molecule has 1 aromatic carbocycles. The summed E-state index contributed by atoms with van der Waals surface area (Å²) in [7, 11) is 0. The van der Waals surface area contributed by atoms with Gasteiger partial charge in [0.05, 0.1) is 9.81 Å². The van der Waals surface area contributed by atoms with Crippen LogP contribution in [0.5, 0.6) is 0 Å². The third-order valence-electron chi connectivity index (χ3n) is 3.98. The van der Waals surface area contributed by atoms with Crippen LogP contribution in [0.4, 0.5) is 4.39 Å². The highest BCUT2D eigenvalue weighted by Gasteiger charge is 2.25. The Morgan fingerprint density at radius 1 is 1.40 bits per heavy atom. The van der Waals surface area contributed by atoms with E-state index in [1.807, 2.05) is 0 Å². The van der Waals surface area contributed by atoms with Crippen LogP contribution in [-0.4, -0.2) is 39.1 Å². The van der Waals surface area contributed by atoms with Gasteiger partial charge < -0.3 is 9.42 Å². The van der Waals surface area contributed by atoms with Crippen LogP contribution in [0.2, 0.25) is 0 Å². The van der Waals surface area contributed by atoms with Crippen molar-refractivity contribution in [2.75, 3.05) is 19.5 Å². The number of likely N-dealkylation sites (tertiary alicyclic amines) is 1. The first kappa shape index (κ1) is 6.03. The number of nitrogens with zero attached hydrogens (tertiary/aromatic N) is 4. The molecule has 1 fully saturated rings. The molecule has 0 unspecified atom stereocenters. The van der Waals surface area contributed by atoms with E-state index in [-0.39, 0.29) is 4.57 Å². The SMILES string of the molecule is [2H]c1c(F)c([2H])c2onc(C3([2H])C([2H])([2H])C([2H])([2H])N(C([2H])([2H])C([2H])([2H])c4c(C([2H])([2H])[2H])nc5n(c4=O)C([2H])([2H])C([2H])([2H])C([2H])([2H])C5)C([2H])([2H])C3([2H])[2H])c2c1[2H]. The average Bonchev–Trinajstić information content (AvgIpc) is 3.45. The highest BCUT2D eigenvalue weighted by atomic mass is 19.1. The summed E-state index contributed by atoms with van der Waals surface area (Å²) in [5.74, 6) is -6.94. The zero-order valence-corrected chi connectivity index (χ0v) is 14.7. The molecular formula is C23H27FN4O2. The summed E-state index contributed by atoms with van der Waals surface area (Å²) in [5.41, 5.74) is -8.49. The summed E-state index contributed by atoms with van der Waals surface area (Å²) in [5, 5.41) is 2.16. The van der Waals surface area contributed by atoms with Gasteiger partial charge in [-0.1, -0.05) is 5.16 Å². The minimum absolute atomic E-state index is 0.280. The number of rotatable bonds is 4. The van der Waals surface area contributed by atoms with Crippen LogP contribution in [0.3, 0.4) is 0 Å². The Labute approximate surface area is 209 Å². The Morgan fingerprint density at radius 2 is 2.27 bits per heavy atom. The first-order valence-corrected chi connectivity index (χ1v) is 8.25. The zero-order valence-electron chi connectivity index (χ0n) is 39.7. The molecule has 0 aliphatic carbocycles. The van der Waals surface area contributed by atoms with Crippen LogP contribution in [0.1, 0.15) is 88.4 Å². The largest absolute Gasteiger partial charge is 0.356 e. The van der Waals surface area contributed by atoms with Crippen molar-refractivity contribution in [2.24, 2.45) is 0 Å². The van der Waals surface area contributed by atoms with E-state index in [2.05, 4.69) is 10.1 Å². The standard InChI is InChI=1S/C23H27FN4O2/c1-15-18(23(29)28-10-3-2-4-21(28)25-15)9-13-27-11-7-16(8-12-27)22-19-6-5-17(24)14-20(19)30-26-22/h5-6,14,16H,2-4,7-13H2,1H3/i1D3,2D2,3D2,5D,6D,7D2,8D2,9D2,10D2,11D2,12D2,13D2,14D,16D. The molecule has 4 heterocycles. The van der Waals surface area contributed by atoms with Gasteiger partial charge in [-0.15, -0.1) is 0 Å². The minimum Gasteiger partial charge on any atom is -0.356 e. The normalized spacial score (nSPS) is 44.5. The molecule has 5 rings (SSSR count).